The van der Waals surface area contributed by atoms with Crippen molar-refractivity contribution in [3.63, 3.8) is 0 Å². The van der Waals surface area contributed by atoms with Crippen LogP contribution in [-0.2, 0) is 16.0 Å². The van der Waals surface area contributed by atoms with Gasteiger partial charge in [0.15, 0.2) is 0 Å². The molecular formula is C16H22N2O3. The van der Waals surface area contributed by atoms with Crippen LogP contribution in [0.15, 0.2) is 24.3 Å². The van der Waals surface area contributed by atoms with Gasteiger partial charge in [0.05, 0.1) is 11.8 Å². The fourth-order valence-electron chi connectivity index (χ4n) is 2.83. The van der Waals surface area contributed by atoms with Gasteiger partial charge in [-0.3, -0.25) is 9.59 Å². The van der Waals surface area contributed by atoms with E-state index < -0.39 is 11.9 Å². The summed E-state index contributed by atoms with van der Waals surface area (Å²) in [6, 6.07) is 7.50. The van der Waals surface area contributed by atoms with E-state index in [0.29, 0.717) is 6.42 Å². The van der Waals surface area contributed by atoms with Gasteiger partial charge in [0.25, 0.3) is 0 Å². The van der Waals surface area contributed by atoms with E-state index in [0.717, 1.165) is 11.3 Å². The summed E-state index contributed by atoms with van der Waals surface area (Å²) >= 11 is 0. The first-order valence-electron chi connectivity index (χ1n) is 7.27. The highest BCUT2D eigenvalue weighted by Gasteiger charge is 2.35. The molecule has 114 valence electrons. The van der Waals surface area contributed by atoms with Crippen molar-refractivity contribution < 1.29 is 14.7 Å². The van der Waals surface area contributed by atoms with Gasteiger partial charge in [-0.2, -0.15) is 0 Å². The van der Waals surface area contributed by atoms with E-state index in [2.05, 4.69) is 0 Å². The Labute approximate surface area is 124 Å². The van der Waals surface area contributed by atoms with E-state index in [1.165, 1.54) is 0 Å². The molecule has 1 aromatic rings. The molecule has 0 radical (unpaired) electrons. The number of nitrogens with two attached hydrogens (primary N) is 1. The molecule has 5 heteroatoms. The number of fused-ring (bicyclic) bond motifs is 1. The molecule has 0 spiro atoms. The molecule has 0 aliphatic carbocycles. The lowest BCUT2D eigenvalue weighted by molar-refractivity contribution is -0.141. The highest BCUT2D eigenvalue weighted by molar-refractivity contribution is 5.97. The van der Waals surface area contributed by atoms with Gasteiger partial charge in [-0.25, -0.2) is 0 Å². The minimum Gasteiger partial charge on any atom is -0.481 e. The predicted molar refractivity (Wildman–Crippen MR) is 81.0 cm³/mol. The molecule has 0 aromatic heterocycles. The van der Waals surface area contributed by atoms with Crippen LogP contribution in [0.25, 0.3) is 0 Å². The Hall–Kier alpha value is -1.88. The Bertz CT molecular complexity index is 542. The van der Waals surface area contributed by atoms with Crippen LogP contribution in [0.2, 0.25) is 0 Å². The van der Waals surface area contributed by atoms with Crippen LogP contribution in [0.4, 0.5) is 5.69 Å². The van der Waals surface area contributed by atoms with Crippen molar-refractivity contribution in [1.82, 2.24) is 0 Å². The zero-order valence-corrected chi connectivity index (χ0v) is 12.5. The topological polar surface area (TPSA) is 83.6 Å². The maximum atomic E-state index is 12.8. The second-order valence-electron chi connectivity index (χ2n) is 5.90. The minimum absolute atomic E-state index is 0.0779. The Kier molecular flexibility index (Phi) is 4.63. The van der Waals surface area contributed by atoms with Gasteiger partial charge in [-0.15, -0.1) is 0 Å². The average molecular weight is 290 g/mol. The molecule has 3 N–H and O–H groups in total. The van der Waals surface area contributed by atoms with Crippen molar-refractivity contribution in [2.75, 3.05) is 18.0 Å². The molecule has 0 saturated carbocycles. The normalized spacial score (nSPS) is 19.2. The molecule has 0 bridgehead atoms. The zero-order chi connectivity index (χ0) is 15.6. The smallest absolute Gasteiger partial charge is 0.308 e. The van der Waals surface area contributed by atoms with Crippen LogP contribution >= 0.6 is 0 Å². The van der Waals surface area contributed by atoms with Gasteiger partial charge in [0, 0.05) is 18.8 Å². The molecular weight excluding hydrogens is 268 g/mol. The number of carboxylic acid groups (broad SMARTS) is 1. The van der Waals surface area contributed by atoms with Crippen molar-refractivity contribution in [2.45, 2.75) is 20.3 Å². The molecule has 1 amide bonds. The summed E-state index contributed by atoms with van der Waals surface area (Å²) in [6.07, 6.45) is 0.463. The molecule has 2 atom stereocenters. The maximum absolute atomic E-state index is 12.8. The maximum Gasteiger partial charge on any atom is 0.308 e. The lowest BCUT2D eigenvalue weighted by Gasteiger charge is -2.35. The highest BCUT2D eigenvalue weighted by atomic mass is 16.4. The summed E-state index contributed by atoms with van der Waals surface area (Å²) in [7, 11) is 0. The Morgan fingerprint density at radius 1 is 1.38 bits per heavy atom. The molecule has 5 nitrogen and oxygen atoms in total. The summed E-state index contributed by atoms with van der Waals surface area (Å²) in [5, 5.41) is 9.31. The second-order valence-corrected chi connectivity index (χ2v) is 5.90. The van der Waals surface area contributed by atoms with E-state index in [-0.39, 0.29) is 30.8 Å². The molecule has 0 fully saturated rings. The third kappa shape index (κ3) is 3.08. The number of anilines is 1. The summed E-state index contributed by atoms with van der Waals surface area (Å²) in [4.78, 5) is 25.7. The number of nitrogens with zero attached hydrogens (tertiary/aromatic N) is 1. The third-order valence-corrected chi connectivity index (χ3v) is 4.14. The molecule has 0 saturated heterocycles. The molecule has 1 aliphatic rings. The van der Waals surface area contributed by atoms with Gasteiger partial charge in [0.1, 0.15) is 0 Å². The first-order valence-corrected chi connectivity index (χ1v) is 7.27. The molecule has 2 rings (SSSR count). The van der Waals surface area contributed by atoms with Crippen molar-refractivity contribution in [3.8, 4) is 0 Å². The fraction of sp³-hybridized carbons (Fsp3) is 0.500. The summed E-state index contributed by atoms with van der Waals surface area (Å²) in [6.45, 7) is 4.40. The fourth-order valence-corrected chi connectivity index (χ4v) is 2.83. The molecule has 1 aliphatic heterocycles. The van der Waals surface area contributed by atoms with Crippen molar-refractivity contribution >= 4 is 17.6 Å². The number of carboxylic acids is 1. The summed E-state index contributed by atoms with van der Waals surface area (Å²) < 4.78 is 0. The number of benzene rings is 1. The van der Waals surface area contributed by atoms with Crippen LogP contribution in [0, 0.1) is 17.8 Å². The van der Waals surface area contributed by atoms with E-state index in [1.54, 1.807) is 4.90 Å². The van der Waals surface area contributed by atoms with Gasteiger partial charge < -0.3 is 15.7 Å². The number of hydrogen-bond donors (Lipinski definition) is 2. The molecule has 21 heavy (non-hydrogen) atoms. The van der Waals surface area contributed by atoms with Crippen molar-refractivity contribution in [3.05, 3.63) is 29.8 Å². The van der Waals surface area contributed by atoms with E-state index in [9.17, 15) is 14.7 Å². The number of amides is 1. The Morgan fingerprint density at radius 3 is 2.62 bits per heavy atom. The van der Waals surface area contributed by atoms with Crippen LogP contribution in [0.3, 0.4) is 0 Å². The number of aliphatic carboxylic acids is 1. The standard InChI is InChI=1S/C16H22N2O3/c1-10(2)13(8-17)15(19)18-9-12(16(20)21)7-11-5-3-4-6-14(11)18/h3-6,10,12-13H,7-9,17H2,1-2H3,(H,20,21). The molecule has 1 heterocycles. The lowest BCUT2D eigenvalue weighted by atomic mass is 9.89. The van der Waals surface area contributed by atoms with Gasteiger partial charge in [0.2, 0.25) is 5.91 Å². The van der Waals surface area contributed by atoms with Crippen molar-refractivity contribution in [2.24, 2.45) is 23.5 Å². The van der Waals surface area contributed by atoms with E-state index >= 15 is 0 Å². The number of carbonyl (C=O) groups is 2. The van der Waals surface area contributed by atoms with E-state index in [1.807, 2.05) is 38.1 Å². The lowest BCUT2D eigenvalue weighted by Crippen LogP contribution is -2.47. The summed E-state index contributed by atoms with van der Waals surface area (Å²) in [5.41, 5.74) is 7.46. The van der Waals surface area contributed by atoms with Crippen molar-refractivity contribution in [1.29, 1.82) is 0 Å². The first kappa shape index (κ1) is 15.5. The SMILES string of the molecule is CC(C)C(CN)C(=O)N1CC(C(=O)O)Cc2ccccc21. The van der Waals surface area contributed by atoms with Crippen LogP contribution < -0.4 is 10.6 Å². The van der Waals surface area contributed by atoms with Crippen LogP contribution in [0.5, 0.6) is 0 Å². The molecule has 1 aromatic carbocycles. The number of hydrogen-bond acceptors (Lipinski definition) is 3. The zero-order valence-electron chi connectivity index (χ0n) is 12.5. The predicted octanol–water partition coefficient (Wildman–Crippen LogP) is 1.51. The van der Waals surface area contributed by atoms with Crippen LogP contribution in [0.1, 0.15) is 19.4 Å². The minimum atomic E-state index is -0.865. The number of rotatable bonds is 4. The summed E-state index contributed by atoms with van der Waals surface area (Å²) in [5.74, 6) is -1.66. The number of para-hydroxylation sites is 1. The van der Waals surface area contributed by atoms with Crippen LogP contribution in [-0.4, -0.2) is 30.1 Å². The molecule has 2 unspecified atom stereocenters. The third-order valence-electron chi connectivity index (χ3n) is 4.14. The van der Waals surface area contributed by atoms with Gasteiger partial charge in [-0.05, 0) is 24.0 Å². The number of carbonyl (C=O) groups excluding carboxylic acids is 1. The Balaban J connectivity index is 2.37. The Morgan fingerprint density at radius 2 is 2.05 bits per heavy atom. The average Bonchev–Trinajstić information content (AvgIpc) is 2.46. The monoisotopic (exact) mass is 290 g/mol. The first-order chi connectivity index (χ1) is 9.95. The van der Waals surface area contributed by atoms with E-state index in [4.69, 9.17) is 5.73 Å². The highest BCUT2D eigenvalue weighted by Crippen LogP contribution is 2.31. The van der Waals surface area contributed by atoms with Gasteiger partial charge in [-0.1, -0.05) is 32.0 Å². The second kappa shape index (κ2) is 6.26. The van der Waals surface area contributed by atoms with Gasteiger partial charge >= 0.3 is 5.97 Å². The largest absolute Gasteiger partial charge is 0.481 e. The quantitative estimate of drug-likeness (QED) is 0.880.